The number of rotatable bonds is 7. The minimum absolute atomic E-state index is 0.138. The first kappa shape index (κ1) is 16.7. The van der Waals surface area contributed by atoms with E-state index in [0.717, 1.165) is 0 Å². The minimum atomic E-state index is -1.37. The fourth-order valence-electron chi connectivity index (χ4n) is 1.40. The standard InChI is InChI=1S/C11H18N4O4/c1-7(2)15(5-3-4-12)11(19)14-8(10(17)18)6-9(13)16/h7-8H,3,5-6H2,1-2H3,(H2,13,16)(H,14,19)(H,17,18). The van der Waals surface area contributed by atoms with Gasteiger partial charge in [0.05, 0.1) is 18.9 Å². The second kappa shape index (κ2) is 7.92. The highest BCUT2D eigenvalue weighted by Gasteiger charge is 2.25. The Morgan fingerprint density at radius 1 is 1.42 bits per heavy atom. The van der Waals surface area contributed by atoms with Crippen molar-refractivity contribution in [3.8, 4) is 6.07 Å². The third-order valence-corrected chi connectivity index (χ3v) is 2.35. The maximum Gasteiger partial charge on any atom is 0.326 e. The number of carboxylic acids is 1. The van der Waals surface area contributed by atoms with Crippen molar-refractivity contribution in [1.82, 2.24) is 10.2 Å². The molecule has 0 bridgehead atoms. The molecule has 0 saturated heterocycles. The predicted octanol–water partition coefficient (Wildman–Crippen LogP) is -0.351. The lowest BCUT2D eigenvalue weighted by Crippen LogP contribution is -2.51. The van der Waals surface area contributed by atoms with Gasteiger partial charge < -0.3 is 21.1 Å². The molecule has 0 aromatic rings. The number of amides is 3. The number of primary amides is 1. The van der Waals surface area contributed by atoms with Gasteiger partial charge in [-0.3, -0.25) is 4.79 Å². The number of aliphatic carboxylic acids is 1. The number of nitrogens with zero attached hydrogens (tertiary/aromatic N) is 2. The molecule has 0 spiro atoms. The van der Waals surface area contributed by atoms with E-state index in [1.54, 1.807) is 13.8 Å². The number of nitrogens with two attached hydrogens (primary N) is 1. The summed E-state index contributed by atoms with van der Waals surface area (Å²) < 4.78 is 0. The number of nitriles is 1. The molecule has 4 N–H and O–H groups in total. The molecule has 0 aliphatic heterocycles. The van der Waals surface area contributed by atoms with E-state index in [1.807, 2.05) is 6.07 Å². The molecule has 1 atom stereocenters. The smallest absolute Gasteiger partial charge is 0.326 e. The molecule has 0 aliphatic rings. The van der Waals surface area contributed by atoms with E-state index in [-0.39, 0.29) is 19.0 Å². The van der Waals surface area contributed by atoms with Crippen molar-refractivity contribution < 1.29 is 19.5 Å². The summed E-state index contributed by atoms with van der Waals surface area (Å²) in [6.07, 6.45) is -0.343. The summed E-state index contributed by atoms with van der Waals surface area (Å²) >= 11 is 0. The lowest BCUT2D eigenvalue weighted by molar-refractivity contribution is -0.141. The predicted molar refractivity (Wildman–Crippen MR) is 65.8 cm³/mol. The van der Waals surface area contributed by atoms with Crippen molar-refractivity contribution in [2.45, 2.75) is 38.8 Å². The van der Waals surface area contributed by atoms with Gasteiger partial charge in [-0.05, 0) is 13.8 Å². The van der Waals surface area contributed by atoms with Crippen LogP contribution in [0.3, 0.4) is 0 Å². The maximum absolute atomic E-state index is 11.9. The summed E-state index contributed by atoms with van der Waals surface area (Å²) in [6.45, 7) is 3.66. The lowest BCUT2D eigenvalue weighted by atomic mass is 10.2. The van der Waals surface area contributed by atoms with Crippen molar-refractivity contribution in [2.24, 2.45) is 5.73 Å². The second-order valence-corrected chi connectivity index (χ2v) is 4.21. The van der Waals surface area contributed by atoms with Gasteiger partial charge in [-0.25, -0.2) is 9.59 Å². The quantitative estimate of drug-likeness (QED) is 0.580. The van der Waals surface area contributed by atoms with Crippen LogP contribution in [0, 0.1) is 11.3 Å². The molecule has 0 radical (unpaired) electrons. The van der Waals surface area contributed by atoms with E-state index in [9.17, 15) is 14.4 Å². The number of hydrogen-bond donors (Lipinski definition) is 3. The fourth-order valence-corrected chi connectivity index (χ4v) is 1.40. The highest BCUT2D eigenvalue weighted by Crippen LogP contribution is 2.02. The Morgan fingerprint density at radius 3 is 2.37 bits per heavy atom. The van der Waals surface area contributed by atoms with Gasteiger partial charge in [-0.15, -0.1) is 0 Å². The molecule has 8 heteroatoms. The summed E-state index contributed by atoms with van der Waals surface area (Å²) in [5.74, 6) is -2.16. The van der Waals surface area contributed by atoms with Crippen molar-refractivity contribution in [3.63, 3.8) is 0 Å². The van der Waals surface area contributed by atoms with E-state index in [1.165, 1.54) is 4.90 Å². The first-order valence-electron chi connectivity index (χ1n) is 5.74. The van der Waals surface area contributed by atoms with Crippen LogP contribution in [0.1, 0.15) is 26.7 Å². The molecule has 8 nitrogen and oxygen atoms in total. The van der Waals surface area contributed by atoms with Gasteiger partial charge >= 0.3 is 12.0 Å². The normalized spacial score (nSPS) is 11.5. The number of carbonyl (C=O) groups is 3. The third kappa shape index (κ3) is 6.26. The highest BCUT2D eigenvalue weighted by atomic mass is 16.4. The minimum Gasteiger partial charge on any atom is -0.480 e. The van der Waals surface area contributed by atoms with Crippen LogP contribution in [0.4, 0.5) is 4.79 Å². The topological polar surface area (TPSA) is 137 Å². The number of urea groups is 1. The van der Waals surface area contributed by atoms with Crippen LogP contribution in [-0.4, -0.2) is 46.5 Å². The van der Waals surface area contributed by atoms with Crippen molar-refractivity contribution in [1.29, 1.82) is 5.26 Å². The molecule has 1 unspecified atom stereocenters. The molecule has 0 fully saturated rings. The van der Waals surface area contributed by atoms with Gasteiger partial charge in [0.1, 0.15) is 6.04 Å². The van der Waals surface area contributed by atoms with Gasteiger partial charge in [0.15, 0.2) is 0 Å². The van der Waals surface area contributed by atoms with E-state index >= 15 is 0 Å². The largest absolute Gasteiger partial charge is 0.480 e. The highest BCUT2D eigenvalue weighted by molar-refractivity contribution is 5.87. The molecule has 0 heterocycles. The molecule has 0 aliphatic carbocycles. The van der Waals surface area contributed by atoms with Gasteiger partial charge in [0.2, 0.25) is 5.91 Å². The Morgan fingerprint density at radius 2 is 2.00 bits per heavy atom. The van der Waals surface area contributed by atoms with Crippen molar-refractivity contribution >= 4 is 17.9 Å². The molecule has 0 aromatic heterocycles. The average molecular weight is 270 g/mol. The Labute approximate surface area is 111 Å². The van der Waals surface area contributed by atoms with Crippen LogP contribution in [0.25, 0.3) is 0 Å². The Bertz CT molecular complexity index is 389. The first-order valence-corrected chi connectivity index (χ1v) is 5.74. The lowest BCUT2D eigenvalue weighted by Gasteiger charge is -2.27. The van der Waals surface area contributed by atoms with Crippen LogP contribution >= 0.6 is 0 Å². The summed E-state index contributed by atoms with van der Waals surface area (Å²) in [5.41, 5.74) is 4.91. The molecule has 0 saturated carbocycles. The Hall–Kier alpha value is -2.30. The number of carboxylic acid groups (broad SMARTS) is 1. The maximum atomic E-state index is 11.9. The number of nitrogens with one attached hydrogen (secondary N) is 1. The van der Waals surface area contributed by atoms with Crippen LogP contribution < -0.4 is 11.1 Å². The molecule has 106 valence electrons. The van der Waals surface area contributed by atoms with Crippen molar-refractivity contribution in [3.05, 3.63) is 0 Å². The molecule has 0 rings (SSSR count). The van der Waals surface area contributed by atoms with Gasteiger partial charge in [0.25, 0.3) is 0 Å². The second-order valence-electron chi connectivity index (χ2n) is 4.21. The SMILES string of the molecule is CC(C)N(CCC#N)C(=O)NC(CC(N)=O)C(=O)O. The zero-order valence-electron chi connectivity index (χ0n) is 10.9. The van der Waals surface area contributed by atoms with Gasteiger partial charge in [-0.2, -0.15) is 5.26 Å². The molecular formula is C11H18N4O4. The third-order valence-electron chi connectivity index (χ3n) is 2.35. The van der Waals surface area contributed by atoms with Crippen LogP contribution in [0.15, 0.2) is 0 Å². The van der Waals surface area contributed by atoms with Crippen LogP contribution in [-0.2, 0) is 9.59 Å². The molecular weight excluding hydrogens is 252 g/mol. The van der Waals surface area contributed by atoms with E-state index in [0.29, 0.717) is 0 Å². The summed E-state index contributed by atoms with van der Waals surface area (Å²) in [5, 5.41) is 19.6. The fraction of sp³-hybridized carbons (Fsp3) is 0.636. The first-order chi connectivity index (χ1) is 8.79. The van der Waals surface area contributed by atoms with Crippen LogP contribution in [0.2, 0.25) is 0 Å². The van der Waals surface area contributed by atoms with E-state index < -0.39 is 30.4 Å². The van der Waals surface area contributed by atoms with Crippen molar-refractivity contribution in [2.75, 3.05) is 6.54 Å². The molecule has 19 heavy (non-hydrogen) atoms. The molecule has 3 amide bonds. The summed E-state index contributed by atoms with van der Waals surface area (Å²) in [4.78, 5) is 34.8. The van der Waals surface area contributed by atoms with E-state index in [4.69, 9.17) is 16.1 Å². The zero-order valence-corrected chi connectivity index (χ0v) is 10.9. The van der Waals surface area contributed by atoms with Crippen LogP contribution in [0.5, 0.6) is 0 Å². The van der Waals surface area contributed by atoms with Gasteiger partial charge in [0, 0.05) is 12.6 Å². The summed E-state index contributed by atoms with van der Waals surface area (Å²) in [7, 11) is 0. The molecule has 0 aromatic carbocycles. The number of carbonyl (C=O) groups excluding carboxylic acids is 2. The summed E-state index contributed by atoms with van der Waals surface area (Å²) in [6, 6.07) is -0.301. The van der Waals surface area contributed by atoms with Gasteiger partial charge in [-0.1, -0.05) is 0 Å². The Balaban J connectivity index is 4.71. The zero-order chi connectivity index (χ0) is 15.0. The van der Waals surface area contributed by atoms with E-state index in [2.05, 4.69) is 5.32 Å². The number of hydrogen-bond acceptors (Lipinski definition) is 4. The Kier molecular flexibility index (Phi) is 6.96. The monoisotopic (exact) mass is 270 g/mol. The average Bonchev–Trinajstić information content (AvgIpc) is 2.27.